The summed E-state index contributed by atoms with van der Waals surface area (Å²) in [4.78, 5) is 26.8. The van der Waals surface area contributed by atoms with Gasteiger partial charge in [0.25, 0.3) is 5.91 Å². The van der Waals surface area contributed by atoms with E-state index in [4.69, 9.17) is 9.47 Å². The summed E-state index contributed by atoms with van der Waals surface area (Å²) in [6.07, 6.45) is 0.198. The van der Waals surface area contributed by atoms with E-state index in [2.05, 4.69) is 0 Å². The second-order valence-electron chi connectivity index (χ2n) is 6.37. The third kappa shape index (κ3) is 4.04. The van der Waals surface area contributed by atoms with E-state index in [1.54, 1.807) is 30.9 Å². The van der Waals surface area contributed by atoms with Crippen molar-refractivity contribution < 1.29 is 19.1 Å². The number of carbonyl (C=O) groups is 2. The minimum Gasteiger partial charge on any atom is -0.479 e. The molecule has 0 bridgehead atoms. The largest absolute Gasteiger partial charge is 0.479 e. The number of rotatable bonds is 5. The van der Waals surface area contributed by atoms with E-state index < -0.39 is 18.2 Å². The Morgan fingerprint density at radius 3 is 2.42 bits per heavy atom. The number of anilines is 1. The molecular weight excluding hydrogens is 330 g/mol. The number of hydrogen-bond donors (Lipinski definition) is 0. The van der Waals surface area contributed by atoms with Crippen molar-refractivity contribution in [2.24, 2.45) is 0 Å². The minimum atomic E-state index is -0.865. The number of benzene rings is 2. The van der Waals surface area contributed by atoms with Crippen LogP contribution >= 0.6 is 0 Å². The molecule has 0 saturated heterocycles. The standard InChI is InChI=1S/C21H23NO4/c1-15(26-21(24)16(2)25-18-11-4-3-5-12-18)20(23)22-14-8-10-17-9-6-7-13-19(17)22/h3-7,9,11-13,15-16H,8,10,14H2,1-2H3. The highest BCUT2D eigenvalue weighted by Crippen LogP contribution is 2.27. The van der Waals surface area contributed by atoms with Gasteiger partial charge in [0.2, 0.25) is 0 Å². The number of amides is 1. The first-order valence-corrected chi connectivity index (χ1v) is 8.87. The average Bonchev–Trinajstić information content (AvgIpc) is 2.67. The molecule has 0 fully saturated rings. The Balaban J connectivity index is 1.62. The molecular formula is C21H23NO4. The molecule has 1 amide bonds. The maximum atomic E-state index is 12.8. The van der Waals surface area contributed by atoms with E-state index in [1.807, 2.05) is 42.5 Å². The second-order valence-corrected chi connectivity index (χ2v) is 6.37. The lowest BCUT2D eigenvalue weighted by Crippen LogP contribution is -2.44. The highest BCUT2D eigenvalue weighted by molar-refractivity contribution is 5.98. The van der Waals surface area contributed by atoms with Crippen molar-refractivity contribution in [3.63, 3.8) is 0 Å². The fraction of sp³-hybridized carbons (Fsp3) is 0.333. The van der Waals surface area contributed by atoms with E-state index in [9.17, 15) is 9.59 Å². The van der Waals surface area contributed by atoms with Crippen LogP contribution in [0.5, 0.6) is 5.75 Å². The van der Waals surface area contributed by atoms with E-state index >= 15 is 0 Å². The Morgan fingerprint density at radius 1 is 0.962 bits per heavy atom. The molecule has 1 aliphatic rings. The molecule has 3 rings (SSSR count). The lowest BCUT2D eigenvalue weighted by molar-refractivity contribution is -0.160. The van der Waals surface area contributed by atoms with Gasteiger partial charge in [0.15, 0.2) is 12.2 Å². The Morgan fingerprint density at radius 2 is 1.65 bits per heavy atom. The second kappa shape index (κ2) is 8.04. The summed E-state index contributed by atoms with van der Waals surface area (Å²) in [5, 5.41) is 0. The van der Waals surface area contributed by atoms with Crippen molar-refractivity contribution in [1.82, 2.24) is 0 Å². The topological polar surface area (TPSA) is 55.8 Å². The van der Waals surface area contributed by atoms with Crippen molar-refractivity contribution in [2.75, 3.05) is 11.4 Å². The smallest absolute Gasteiger partial charge is 0.347 e. The average molecular weight is 353 g/mol. The molecule has 0 saturated carbocycles. The molecule has 1 heterocycles. The zero-order valence-corrected chi connectivity index (χ0v) is 15.1. The molecule has 0 radical (unpaired) electrons. The molecule has 5 nitrogen and oxygen atoms in total. The van der Waals surface area contributed by atoms with Gasteiger partial charge in [-0.2, -0.15) is 0 Å². The van der Waals surface area contributed by atoms with E-state index in [1.165, 1.54) is 0 Å². The van der Waals surface area contributed by atoms with Crippen molar-refractivity contribution in [3.8, 4) is 5.75 Å². The van der Waals surface area contributed by atoms with Gasteiger partial charge < -0.3 is 14.4 Å². The molecule has 136 valence electrons. The first-order valence-electron chi connectivity index (χ1n) is 8.87. The summed E-state index contributed by atoms with van der Waals surface area (Å²) in [5.41, 5.74) is 2.05. The van der Waals surface area contributed by atoms with Crippen LogP contribution in [0, 0.1) is 0 Å². The molecule has 2 unspecified atom stereocenters. The predicted octanol–water partition coefficient (Wildman–Crippen LogP) is 3.37. The molecule has 0 spiro atoms. The van der Waals surface area contributed by atoms with Gasteiger partial charge in [0, 0.05) is 12.2 Å². The van der Waals surface area contributed by atoms with Crippen molar-refractivity contribution >= 4 is 17.6 Å². The summed E-state index contributed by atoms with van der Waals surface area (Å²) in [6, 6.07) is 16.9. The first-order chi connectivity index (χ1) is 12.6. The maximum absolute atomic E-state index is 12.8. The van der Waals surface area contributed by atoms with E-state index in [0.29, 0.717) is 12.3 Å². The molecule has 5 heteroatoms. The number of nitrogens with zero attached hydrogens (tertiary/aromatic N) is 1. The molecule has 0 aliphatic carbocycles. The van der Waals surface area contributed by atoms with Crippen molar-refractivity contribution in [3.05, 3.63) is 60.2 Å². The van der Waals surface area contributed by atoms with E-state index in [0.717, 1.165) is 24.1 Å². The summed E-state index contributed by atoms with van der Waals surface area (Å²) < 4.78 is 10.9. The number of fused-ring (bicyclic) bond motifs is 1. The molecule has 26 heavy (non-hydrogen) atoms. The van der Waals surface area contributed by atoms with Gasteiger partial charge in [-0.3, -0.25) is 4.79 Å². The number of aryl methyl sites for hydroxylation is 1. The van der Waals surface area contributed by atoms with Crippen LogP contribution in [0.3, 0.4) is 0 Å². The fourth-order valence-electron chi connectivity index (χ4n) is 3.05. The molecule has 0 N–H and O–H groups in total. The van der Waals surface area contributed by atoms with Gasteiger partial charge in [-0.05, 0) is 50.5 Å². The van der Waals surface area contributed by atoms with Crippen molar-refractivity contribution in [1.29, 1.82) is 0 Å². The van der Waals surface area contributed by atoms with Gasteiger partial charge in [-0.15, -0.1) is 0 Å². The number of ether oxygens (including phenoxy) is 2. The van der Waals surface area contributed by atoms with Crippen LogP contribution in [0.2, 0.25) is 0 Å². The van der Waals surface area contributed by atoms with Gasteiger partial charge in [-0.1, -0.05) is 36.4 Å². The Labute approximate surface area is 153 Å². The van der Waals surface area contributed by atoms with Crippen LogP contribution in [-0.2, 0) is 20.7 Å². The van der Waals surface area contributed by atoms with Crippen LogP contribution in [0.4, 0.5) is 5.69 Å². The quantitative estimate of drug-likeness (QED) is 0.774. The van der Waals surface area contributed by atoms with E-state index in [-0.39, 0.29) is 5.91 Å². The van der Waals surface area contributed by atoms with Gasteiger partial charge in [0.05, 0.1) is 0 Å². The lowest BCUT2D eigenvalue weighted by atomic mass is 10.0. The van der Waals surface area contributed by atoms with Gasteiger partial charge in [0.1, 0.15) is 5.75 Å². The molecule has 2 aromatic carbocycles. The van der Waals surface area contributed by atoms with Crippen LogP contribution < -0.4 is 9.64 Å². The minimum absolute atomic E-state index is 0.211. The summed E-state index contributed by atoms with van der Waals surface area (Å²) in [5.74, 6) is -0.182. The highest BCUT2D eigenvalue weighted by atomic mass is 16.6. The van der Waals surface area contributed by atoms with Crippen molar-refractivity contribution in [2.45, 2.75) is 38.9 Å². The Bertz CT molecular complexity index is 775. The number of carbonyl (C=O) groups excluding carboxylic acids is 2. The van der Waals surface area contributed by atoms with Crippen LogP contribution in [0.15, 0.2) is 54.6 Å². The fourth-order valence-corrected chi connectivity index (χ4v) is 3.05. The van der Waals surface area contributed by atoms with Gasteiger partial charge >= 0.3 is 5.97 Å². The van der Waals surface area contributed by atoms with Crippen LogP contribution in [0.25, 0.3) is 0 Å². The summed E-state index contributed by atoms with van der Waals surface area (Å²) in [7, 11) is 0. The van der Waals surface area contributed by atoms with Crippen LogP contribution in [-0.4, -0.2) is 30.6 Å². The first kappa shape index (κ1) is 18.0. The summed E-state index contributed by atoms with van der Waals surface area (Å²) >= 11 is 0. The number of hydrogen-bond acceptors (Lipinski definition) is 4. The lowest BCUT2D eigenvalue weighted by Gasteiger charge is -2.31. The zero-order chi connectivity index (χ0) is 18.5. The normalized spacial score (nSPS) is 15.5. The molecule has 1 aliphatic heterocycles. The third-order valence-corrected chi connectivity index (χ3v) is 4.40. The predicted molar refractivity (Wildman–Crippen MR) is 99.2 cm³/mol. The van der Waals surface area contributed by atoms with Gasteiger partial charge in [-0.25, -0.2) is 4.79 Å². The maximum Gasteiger partial charge on any atom is 0.347 e. The Hall–Kier alpha value is -2.82. The third-order valence-electron chi connectivity index (χ3n) is 4.40. The molecule has 2 atom stereocenters. The van der Waals surface area contributed by atoms with Crippen LogP contribution in [0.1, 0.15) is 25.8 Å². The number of para-hydroxylation sites is 2. The zero-order valence-electron chi connectivity index (χ0n) is 15.1. The Kier molecular flexibility index (Phi) is 5.56. The summed E-state index contributed by atoms with van der Waals surface area (Å²) in [6.45, 7) is 3.85. The highest BCUT2D eigenvalue weighted by Gasteiger charge is 2.29. The molecule has 2 aromatic rings. The molecule has 0 aromatic heterocycles. The SMILES string of the molecule is CC(Oc1ccccc1)C(=O)OC(C)C(=O)N1CCCc2ccccc21. The number of esters is 1. The monoisotopic (exact) mass is 353 g/mol.